The third kappa shape index (κ3) is 2.53. The molecule has 0 spiro atoms. The molecule has 2 aliphatic carbocycles. The van der Waals surface area contributed by atoms with E-state index < -0.39 is 0 Å². The van der Waals surface area contributed by atoms with Gasteiger partial charge in [-0.05, 0) is 55.2 Å². The molecule has 1 aromatic carbocycles. The standard InChI is InChI=1S/C16H20BrNO/c1-10-5-14(17)8-15(19-2)16(10)18-9-13-7-11-3-4-12(13)6-11/h3-5,8,11-13,18H,6-7,9H2,1-2H3. The molecule has 1 N–H and O–H groups in total. The summed E-state index contributed by atoms with van der Waals surface area (Å²) in [6.45, 7) is 3.17. The van der Waals surface area contributed by atoms with Crippen LogP contribution in [0.5, 0.6) is 5.75 Å². The van der Waals surface area contributed by atoms with E-state index in [0.29, 0.717) is 0 Å². The van der Waals surface area contributed by atoms with E-state index in [-0.39, 0.29) is 0 Å². The molecule has 3 heteroatoms. The quantitative estimate of drug-likeness (QED) is 0.830. The number of fused-ring (bicyclic) bond motifs is 2. The molecule has 102 valence electrons. The minimum Gasteiger partial charge on any atom is -0.495 e. The van der Waals surface area contributed by atoms with Gasteiger partial charge in [0.25, 0.3) is 0 Å². The lowest BCUT2D eigenvalue weighted by atomic mass is 9.93. The summed E-state index contributed by atoms with van der Waals surface area (Å²) in [6, 6.07) is 4.15. The molecule has 0 aliphatic heterocycles. The van der Waals surface area contributed by atoms with Gasteiger partial charge in [0.2, 0.25) is 0 Å². The molecule has 3 unspecified atom stereocenters. The number of anilines is 1. The third-order valence-electron chi connectivity index (χ3n) is 4.44. The van der Waals surface area contributed by atoms with Crippen molar-refractivity contribution in [2.45, 2.75) is 19.8 Å². The first-order chi connectivity index (χ1) is 9.17. The Balaban J connectivity index is 1.71. The molecular formula is C16H20BrNO. The molecule has 0 amide bonds. The number of methoxy groups -OCH3 is 1. The number of nitrogens with one attached hydrogen (secondary N) is 1. The van der Waals surface area contributed by atoms with Gasteiger partial charge in [0, 0.05) is 11.0 Å². The summed E-state index contributed by atoms with van der Waals surface area (Å²) in [5.41, 5.74) is 2.36. The maximum absolute atomic E-state index is 5.48. The van der Waals surface area contributed by atoms with E-state index in [9.17, 15) is 0 Å². The zero-order valence-corrected chi connectivity index (χ0v) is 13.0. The highest BCUT2D eigenvalue weighted by Crippen LogP contribution is 2.43. The molecule has 19 heavy (non-hydrogen) atoms. The van der Waals surface area contributed by atoms with Gasteiger partial charge in [-0.1, -0.05) is 28.1 Å². The Morgan fingerprint density at radius 3 is 2.79 bits per heavy atom. The van der Waals surface area contributed by atoms with Gasteiger partial charge in [0.1, 0.15) is 5.75 Å². The average molecular weight is 322 g/mol. The molecule has 0 radical (unpaired) electrons. The van der Waals surface area contributed by atoms with E-state index in [2.05, 4.69) is 46.4 Å². The van der Waals surface area contributed by atoms with Crippen molar-refractivity contribution in [2.24, 2.45) is 17.8 Å². The zero-order chi connectivity index (χ0) is 13.4. The minimum atomic E-state index is 0.780. The number of rotatable bonds is 4. The molecule has 0 saturated heterocycles. The first-order valence-electron chi connectivity index (χ1n) is 6.93. The zero-order valence-electron chi connectivity index (χ0n) is 11.4. The fourth-order valence-corrected chi connectivity index (χ4v) is 4.01. The van der Waals surface area contributed by atoms with Crippen LogP contribution in [0.25, 0.3) is 0 Å². The normalized spacial score (nSPS) is 27.8. The predicted molar refractivity (Wildman–Crippen MR) is 82.8 cm³/mol. The predicted octanol–water partition coefficient (Wildman–Crippen LogP) is 4.39. The van der Waals surface area contributed by atoms with E-state index >= 15 is 0 Å². The molecule has 0 heterocycles. The maximum atomic E-state index is 5.48. The van der Waals surface area contributed by atoms with Crippen molar-refractivity contribution < 1.29 is 4.74 Å². The van der Waals surface area contributed by atoms with Crippen LogP contribution in [-0.4, -0.2) is 13.7 Å². The minimum absolute atomic E-state index is 0.780. The number of aryl methyl sites for hydroxylation is 1. The molecular weight excluding hydrogens is 302 g/mol. The lowest BCUT2D eigenvalue weighted by Crippen LogP contribution is -2.19. The fraction of sp³-hybridized carbons (Fsp3) is 0.500. The van der Waals surface area contributed by atoms with Crippen molar-refractivity contribution >= 4 is 21.6 Å². The molecule has 1 saturated carbocycles. The molecule has 0 aromatic heterocycles. The van der Waals surface area contributed by atoms with Crippen LogP contribution >= 0.6 is 15.9 Å². The highest BCUT2D eigenvalue weighted by Gasteiger charge is 2.35. The van der Waals surface area contributed by atoms with E-state index in [0.717, 1.165) is 40.2 Å². The van der Waals surface area contributed by atoms with Gasteiger partial charge in [0.15, 0.2) is 0 Å². The van der Waals surface area contributed by atoms with Crippen molar-refractivity contribution in [2.75, 3.05) is 19.0 Å². The van der Waals surface area contributed by atoms with Crippen LogP contribution in [0.2, 0.25) is 0 Å². The number of allylic oxidation sites excluding steroid dienone is 2. The van der Waals surface area contributed by atoms with Crippen LogP contribution in [0, 0.1) is 24.7 Å². The van der Waals surface area contributed by atoms with Gasteiger partial charge < -0.3 is 10.1 Å². The highest BCUT2D eigenvalue weighted by atomic mass is 79.9. The van der Waals surface area contributed by atoms with Crippen LogP contribution in [0.4, 0.5) is 5.69 Å². The molecule has 3 rings (SSSR count). The summed E-state index contributed by atoms with van der Waals surface area (Å²) in [7, 11) is 1.73. The lowest BCUT2D eigenvalue weighted by molar-refractivity contribution is 0.414. The highest BCUT2D eigenvalue weighted by molar-refractivity contribution is 9.10. The Morgan fingerprint density at radius 1 is 1.32 bits per heavy atom. The van der Waals surface area contributed by atoms with Crippen molar-refractivity contribution in [1.29, 1.82) is 0 Å². The summed E-state index contributed by atoms with van der Waals surface area (Å²) >= 11 is 3.51. The monoisotopic (exact) mass is 321 g/mol. The molecule has 2 aliphatic rings. The van der Waals surface area contributed by atoms with E-state index in [1.807, 2.05) is 6.07 Å². The summed E-state index contributed by atoms with van der Waals surface area (Å²) in [4.78, 5) is 0. The fourth-order valence-electron chi connectivity index (χ4n) is 3.46. The first-order valence-corrected chi connectivity index (χ1v) is 7.73. The van der Waals surface area contributed by atoms with Gasteiger partial charge in [-0.2, -0.15) is 0 Å². The largest absolute Gasteiger partial charge is 0.495 e. The summed E-state index contributed by atoms with van der Waals surface area (Å²) in [6.07, 6.45) is 7.51. The van der Waals surface area contributed by atoms with Crippen molar-refractivity contribution in [3.63, 3.8) is 0 Å². The maximum Gasteiger partial charge on any atom is 0.143 e. The third-order valence-corrected chi connectivity index (χ3v) is 4.90. The van der Waals surface area contributed by atoms with Crippen molar-refractivity contribution in [1.82, 2.24) is 0 Å². The molecule has 1 aromatic rings. The molecule has 2 bridgehead atoms. The van der Waals surface area contributed by atoms with E-state index in [4.69, 9.17) is 4.74 Å². The Morgan fingerprint density at radius 2 is 2.16 bits per heavy atom. The topological polar surface area (TPSA) is 21.3 Å². The second-order valence-corrected chi connectivity index (χ2v) is 6.64. The van der Waals surface area contributed by atoms with Crippen LogP contribution < -0.4 is 10.1 Å². The smallest absolute Gasteiger partial charge is 0.143 e. The Hall–Kier alpha value is -0.960. The molecule has 1 fully saturated rings. The Bertz CT molecular complexity index is 512. The average Bonchev–Trinajstić information content (AvgIpc) is 2.99. The SMILES string of the molecule is COc1cc(Br)cc(C)c1NCC1CC2C=CC1C2. The summed E-state index contributed by atoms with van der Waals surface area (Å²) in [5, 5.41) is 3.61. The van der Waals surface area contributed by atoms with Crippen molar-refractivity contribution in [3.8, 4) is 5.75 Å². The van der Waals surface area contributed by atoms with Gasteiger partial charge in [-0.3, -0.25) is 0 Å². The van der Waals surface area contributed by atoms with Gasteiger partial charge in [0.05, 0.1) is 12.8 Å². The van der Waals surface area contributed by atoms with Crippen molar-refractivity contribution in [3.05, 3.63) is 34.3 Å². The lowest BCUT2D eigenvalue weighted by Gasteiger charge is -2.21. The van der Waals surface area contributed by atoms with Gasteiger partial charge in [-0.25, -0.2) is 0 Å². The van der Waals surface area contributed by atoms with Crippen LogP contribution in [-0.2, 0) is 0 Å². The first kappa shape index (κ1) is 13.0. The van der Waals surface area contributed by atoms with Crippen LogP contribution in [0.3, 0.4) is 0 Å². The number of halogens is 1. The molecule has 3 atom stereocenters. The Kier molecular flexibility index (Phi) is 3.57. The second kappa shape index (κ2) is 5.20. The van der Waals surface area contributed by atoms with Gasteiger partial charge in [-0.15, -0.1) is 0 Å². The van der Waals surface area contributed by atoms with Crippen LogP contribution in [0.1, 0.15) is 18.4 Å². The van der Waals surface area contributed by atoms with E-state index in [1.54, 1.807) is 7.11 Å². The number of hydrogen-bond donors (Lipinski definition) is 1. The Labute approximate surface area is 123 Å². The number of ether oxygens (including phenoxy) is 1. The summed E-state index contributed by atoms with van der Waals surface area (Å²) < 4.78 is 6.54. The van der Waals surface area contributed by atoms with Gasteiger partial charge >= 0.3 is 0 Å². The molecule has 2 nitrogen and oxygen atoms in total. The van der Waals surface area contributed by atoms with E-state index in [1.165, 1.54) is 18.4 Å². The number of benzene rings is 1. The summed E-state index contributed by atoms with van der Waals surface area (Å²) in [5.74, 6) is 3.33. The van der Waals surface area contributed by atoms with Crippen LogP contribution in [0.15, 0.2) is 28.8 Å². The number of hydrogen-bond acceptors (Lipinski definition) is 2. The second-order valence-electron chi connectivity index (χ2n) is 5.72.